The first kappa shape index (κ1) is 60.0. The summed E-state index contributed by atoms with van der Waals surface area (Å²) in [5.41, 5.74) is 0. The van der Waals surface area contributed by atoms with Crippen molar-refractivity contribution in [1.29, 1.82) is 0 Å². The van der Waals surface area contributed by atoms with E-state index in [1.807, 2.05) is 0 Å². The van der Waals surface area contributed by atoms with E-state index in [9.17, 15) is 48.3 Å². The van der Waals surface area contributed by atoms with E-state index in [2.05, 4.69) is 26.6 Å². The number of carboxylic acids is 2. The maximum Gasteiger partial charge on any atom is 0.326 e. The molecule has 0 aromatic carbocycles. The minimum absolute atomic E-state index is 0.0210. The number of aliphatic carboxylic acids is 2. The molecule has 7 amide bonds. The highest BCUT2D eigenvalue weighted by molar-refractivity contribution is 6.13. The van der Waals surface area contributed by atoms with E-state index in [0.29, 0.717) is 6.42 Å². The van der Waals surface area contributed by atoms with Crippen molar-refractivity contribution in [2.24, 2.45) is 0 Å². The van der Waals surface area contributed by atoms with Gasteiger partial charge in [0.2, 0.25) is 29.5 Å². The Balaban J connectivity index is 1.88. The van der Waals surface area contributed by atoms with Crippen LogP contribution in [0.3, 0.4) is 0 Å². The van der Waals surface area contributed by atoms with Crippen molar-refractivity contribution in [3.63, 3.8) is 0 Å². The number of ether oxygens (including phenoxy) is 4. The highest BCUT2D eigenvalue weighted by atomic mass is 16.5. The summed E-state index contributed by atoms with van der Waals surface area (Å²) in [4.78, 5) is 106. The average molecular weight is 955 g/mol. The molecular weight excluding hydrogens is 877 g/mol. The summed E-state index contributed by atoms with van der Waals surface area (Å²) in [6, 6.07) is -1.15. The molecule has 0 fully saturated rings. The third kappa shape index (κ3) is 36.8. The second-order valence-corrected chi connectivity index (χ2v) is 16.2. The summed E-state index contributed by atoms with van der Waals surface area (Å²) in [6.07, 6.45) is 20.4. The molecule has 1 aliphatic heterocycles. The Kier molecular flexibility index (Phi) is 36.9. The SMILES string of the molecule is O=C(O)CCCCCCCCCCCCCCCCCCC(=O)NC(CCC(=O)NCCOCCOCC(=O)NCCOCCOCC(=O)NCCNC(=O)CCN1C(=O)C=CC1=O)C(=O)O. The maximum atomic E-state index is 12.4. The molecule has 0 bridgehead atoms. The Labute approximate surface area is 394 Å². The Bertz CT molecular complexity index is 1480. The summed E-state index contributed by atoms with van der Waals surface area (Å²) < 4.78 is 21.2. The molecule has 1 atom stereocenters. The van der Waals surface area contributed by atoms with Crippen molar-refractivity contribution in [2.45, 2.75) is 141 Å². The van der Waals surface area contributed by atoms with Gasteiger partial charge >= 0.3 is 11.9 Å². The van der Waals surface area contributed by atoms with Gasteiger partial charge in [-0.15, -0.1) is 0 Å². The van der Waals surface area contributed by atoms with Crippen molar-refractivity contribution in [3.05, 3.63) is 12.2 Å². The van der Waals surface area contributed by atoms with Crippen molar-refractivity contribution in [1.82, 2.24) is 31.5 Å². The molecule has 21 heteroatoms. The molecule has 1 rings (SSSR count). The normalized spacial score (nSPS) is 12.5. The van der Waals surface area contributed by atoms with E-state index in [4.69, 9.17) is 24.1 Å². The molecule has 1 unspecified atom stereocenters. The van der Waals surface area contributed by atoms with Gasteiger partial charge in [-0.1, -0.05) is 89.9 Å². The Morgan fingerprint density at radius 1 is 0.448 bits per heavy atom. The molecule has 0 radical (unpaired) electrons. The fraction of sp³-hybridized carbons (Fsp3) is 0.761. The molecule has 0 aromatic rings. The van der Waals surface area contributed by atoms with Crippen LogP contribution >= 0.6 is 0 Å². The summed E-state index contributed by atoms with van der Waals surface area (Å²) in [7, 11) is 0. The van der Waals surface area contributed by atoms with E-state index < -0.39 is 29.8 Å². The fourth-order valence-electron chi connectivity index (χ4n) is 6.68. The number of amides is 7. The molecule has 0 aliphatic carbocycles. The standard InChI is InChI=1S/C46H78N6O15/c53-38(20-19-37(46(62)63)51-40(55)17-15-13-11-9-7-5-3-1-2-4-6-8-10-12-14-16-18-45(60)61)49-26-29-64-31-34-67-36-42(57)50-27-30-65-32-33-66-35-41(56)48-25-24-47-39(54)23-28-52-43(58)21-22-44(52)59/h21-22,37H,1-20,23-36H2,(H,47,54)(H,48,56)(H,49,53)(H,50,57)(H,51,55)(H,60,61)(H,62,63). The van der Waals surface area contributed by atoms with Gasteiger partial charge in [0.15, 0.2) is 0 Å². The highest BCUT2D eigenvalue weighted by Crippen LogP contribution is 2.14. The second-order valence-electron chi connectivity index (χ2n) is 16.2. The van der Waals surface area contributed by atoms with Gasteiger partial charge in [0.25, 0.3) is 11.8 Å². The molecule has 67 heavy (non-hydrogen) atoms. The second kappa shape index (κ2) is 41.2. The van der Waals surface area contributed by atoms with Crippen molar-refractivity contribution < 1.29 is 72.3 Å². The first-order valence-corrected chi connectivity index (χ1v) is 24.0. The van der Waals surface area contributed by atoms with Gasteiger partial charge < -0.3 is 55.7 Å². The molecule has 0 aromatic heterocycles. The van der Waals surface area contributed by atoms with Gasteiger partial charge in [-0.3, -0.25) is 43.3 Å². The van der Waals surface area contributed by atoms with Gasteiger partial charge in [-0.25, -0.2) is 4.79 Å². The van der Waals surface area contributed by atoms with Crippen LogP contribution in [-0.4, -0.2) is 160 Å². The molecule has 0 saturated carbocycles. The topological polar surface area (TPSA) is 294 Å². The number of rotatable bonds is 46. The van der Waals surface area contributed by atoms with Crippen LogP contribution in [-0.2, 0) is 62.1 Å². The van der Waals surface area contributed by atoms with Gasteiger partial charge in [0.1, 0.15) is 19.3 Å². The van der Waals surface area contributed by atoms with Crippen LogP contribution in [0, 0.1) is 0 Å². The monoisotopic (exact) mass is 955 g/mol. The molecular formula is C46H78N6O15. The summed E-state index contributed by atoms with van der Waals surface area (Å²) in [5, 5.41) is 31.2. The number of hydrogen-bond donors (Lipinski definition) is 7. The lowest BCUT2D eigenvalue weighted by atomic mass is 10.0. The van der Waals surface area contributed by atoms with Gasteiger partial charge in [-0.2, -0.15) is 0 Å². The summed E-state index contributed by atoms with van der Waals surface area (Å²) in [5.74, 6) is -4.60. The number of unbranched alkanes of at least 4 members (excludes halogenated alkanes) is 15. The van der Waals surface area contributed by atoms with Gasteiger partial charge in [-0.05, 0) is 19.3 Å². The Morgan fingerprint density at radius 3 is 1.30 bits per heavy atom. The lowest BCUT2D eigenvalue weighted by molar-refractivity contribution is -0.142. The third-order valence-electron chi connectivity index (χ3n) is 10.4. The lowest BCUT2D eigenvalue weighted by Crippen LogP contribution is -2.41. The zero-order chi connectivity index (χ0) is 49.2. The minimum Gasteiger partial charge on any atom is -0.481 e. The van der Waals surface area contributed by atoms with Gasteiger partial charge in [0, 0.05) is 70.6 Å². The number of carbonyl (C=O) groups is 9. The number of imide groups is 1. The van der Waals surface area contributed by atoms with Crippen LogP contribution in [0.15, 0.2) is 12.2 Å². The van der Waals surface area contributed by atoms with E-state index >= 15 is 0 Å². The van der Waals surface area contributed by atoms with Crippen LogP contribution < -0.4 is 26.6 Å². The predicted molar refractivity (Wildman–Crippen MR) is 245 cm³/mol. The van der Waals surface area contributed by atoms with E-state index in [1.165, 1.54) is 57.8 Å². The van der Waals surface area contributed by atoms with Crippen LogP contribution in [0.4, 0.5) is 0 Å². The van der Waals surface area contributed by atoms with Crippen molar-refractivity contribution in [2.75, 3.05) is 85.6 Å². The lowest BCUT2D eigenvalue weighted by Gasteiger charge is -2.14. The molecule has 21 nitrogen and oxygen atoms in total. The number of nitrogens with one attached hydrogen (secondary N) is 5. The Hall–Kier alpha value is -4.99. The molecule has 7 N–H and O–H groups in total. The first-order valence-electron chi connectivity index (χ1n) is 24.0. The van der Waals surface area contributed by atoms with Crippen LogP contribution in [0.2, 0.25) is 0 Å². The van der Waals surface area contributed by atoms with E-state index in [1.54, 1.807) is 0 Å². The highest BCUT2D eigenvalue weighted by Gasteiger charge is 2.24. The number of hydrogen-bond acceptors (Lipinski definition) is 13. The molecule has 382 valence electrons. The average Bonchev–Trinajstić information content (AvgIpc) is 3.62. The Morgan fingerprint density at radius 2 is 0.836 bits per heavy atom. The fourth-order valence-corrected chi connectivity index (χ4v) is 6.68. The third-order valence-corrected chi connectivity index (χ3v) is 10.4. The van der Waals surface area contributed by atoms with Crippen molar-refractivity contribution >= 4 is 53.3 Å². The van der Waals surface area contributed by atoms with E-state index in [-0.39, 0.29) is 147 Å². The maximum absolute atomic E-state index is 12.4. The van der Waals surface area contributed by atoms with Crippen molar-refractivity contribution in [3.8, 4) is 0 Å². The summed E-state index contributed by atoms with van der Waals surface area (Å²) >= 11 is 0. The van der Waals surface area contributed by atoms with E-state index in [0.717, 1.165) is 55.6 Å². The minimum atomic E-state index is -1.19. The number of nitrogens with zero attached hydrogens (tertiary/aromatic N) is 1. The molecule has 1 heterocycles. The smallest absolute Gasteiger partial charge is 0.326 e. The molecule has 0 saturated heterocycles. The number of carboxylic acid groups (broad SMARTS) is 2. The van der Waals surface area contributed by atoms with Crippen LogP contribution in [0.25, 0.3) is 0 Å². The zero-order valence-electron chi connectivity index (χ0n) is 39.4. The quantitative estimate of drug-likeness (QED) is 0.0340. The number of carbonyl (C=O) groups excluding carboxylic acids is 7. The first-order chi connectivity index (χ1) is 32.4. The largest absolute Gasteiger partial charge is 0.481 e. The van der Waals surface area contributed by atoms with Crippen LogP contribution in [0.1, 0.15) is 135 Å². The zero-order valence-corrected chi connectivity index (χ0v) is 39.4. The van der Waals surface area contributed by atoms with Crippen LogP contribution in [0.5, 0.6) is 0 Å². The molecule has 0 spiro atoms. The predicted octanol–water partition coefficient (Wildman–Crippen LogP) is 2.29. The van der Waals surface area contributed by atoms with Gasteiger partial charge in [0.05, 0.1) is 39.6 Å². The summed E-state index contributed by atoms with van der Waals surface area (Å²) in [6.45, 7) is 1.41. The molecule has 1 aliphatic rings.